The monoisotopic (exact) mass is 402 g/mol. The Morgan fingerprint density at radius 3 is 2.32 bits per heavy atom. The molecule has 0 aromatic heterocycles. The fraction of sp³-hybridized carbons (Fsp3) is 0.364. The van der Waals surface area contributed by atoms with Crippen LogP contribution in [-0.4, -0.2) is 35.4 Å². The normalized spacial score (nSPS) is 11.8. The Hall–Kier alpha value is -2.53. The van der Waals surface area contributed by atoms with Crippen molar-refractivity contribution in [3.8, 4) is 5.75 Å². The van der Waals surface area contributed by atoms with Crippen LogP contribution in [0.2, 0.25) is 5.02 Å². The molecule has 0 aliphatic carbocycles. The van der Waals surface area contributed by atoms with Crippen molar-refractivity contribution in [2.24, 2.45) is 0 Å². The van der Waals surface area contributed by atoms with E-state index in [0.717, 1.165) is 11.1 Å². The Bertz CT molecular complexity index is 806. The van der Waals surface area contributed by atoms with Crippen molar-refractivity contribution < 1.29 is 14.3 Å². The van der Waals surface area contributed by atoms with Crippen molar-refractivity contribution in [1.82, 2.24) is 10.2 Å². The van der Waals surface area contributed by atoms with Crippen molar-refractivity contribution in [1.29, 1.82) is 0 Å². The lowest BCUT2D eigenvalue weighted by molar-refractivity contribution is -0.142. The summed E-state index contributed by atoms with van der Waals surface area (Å²) in [7, 11) is 0. The van der Waals surface area contributed by atoms with E-state index in [2.05, 4.69) is 5.32 Å². The van der Waals surface area contributed by atoms with Gasteiger partial charge in [0.05, 0.1) is 0 Å². The fourth-order valence-electron chi connectivity index (χ4n) is 2.66. The largest absolute Gasteiger partial charge is 0.484 e. The summed E-state index contributed by atoms with van der Waals surface area (Å²) in [5.74, 6) is 0.105. The van der Waals surface area contributed by atoms with Crippen LogP contribution in [0.25, 0.3) is 0 Å². The van der Waals surface area contributed by atoms with Crippen LogP contribution in [0.5, 0.6) is 5.75 Å². The van der Waals surface area contributed by atoms with E-state index in [1.807, 2.05) is 63.2 Å². The number of carbonyl (C=O) groups excluding carboxylic acids is 2. The molecule has 2 amide bonds. The Kier molecular flexibility index (Phi) is 7.88. The summed E-state index contributed by atoms with van der Waals surface area (Å²) in [5.41, 5.74) is 1.88. The first-order valence-corrected chi connectivity index (χ1v) is 9.68. The zero-order chi connectivity index (χ0) is 20.7. The smallest absolute Gasteiger partial charge is 0.261 e. The van der Waals surface area contributed by atoms with Crippen LogP contribution >= 0.6 is 11.6 Å². The number of nitrogens with one attached hydrogen (secondary N) is 1. The van der Waals surface area contributed by atoms with Gasteiger partial charge in [0.2, 0.25) is 5.91 Å². The maximum Gasteiger partial charge on any atom is 0.261 e. The molecular weight excluding hydrogens is 376 g/mol. The number of aryl methyl sites for hydroxylation is 1. The van der Waals surface area contributed by atoms with E-state index in [-0.39, 0.29) is 31.0 Å². The van der Waals surface area contributed by atoms with E-state index >= 15 is 0 Å². The van der Waals surface area contributed by atoms with Crippen LogP contribution < -0.4 is 10.1 Å². The molecule has 1 N–H and O–H groups in total. The van der Waals surface area contributed by atoms with Gasteiger partial charge in [0.25, 0.3) is 5.91 Å². The first-order chi connectivity index (χ1) is 13.3. The molecule has 0 heterocycles. The van der Waals surface area contributed by atoms with Gasteiger partial charge in [0.15, 0.2) is 6.61 Å². The summed E-state index contributed by atoms with van der Waals surface area (Å²) in [6.45, 7) is 7.51. The average Bonchev–Trinajstić information content (AvgIpc) is 2.65. The number of amides is 2. The van der Waals surface area contributed by atoms with Crippen molar-refractivity contribution in [3.63, 3.8) is 0 Å². The molecule has 0 spiro atoms. The first-order valence-electron chi connectivity index (χ1n) is 9.30. The molecule has 0 aliphatic rings. The highest BCUT2D eigenvalue weighted by Gasteiger charge is 2.27. The second-order valence-electron chi connectivity index (χ2n) is 7.05. The zero-order valence-electron chi connectivity index (χ0n) is 16.7. The van der Waals surface area contributed by atoms with E-state index in [9.17, 15) is 9.59 Å². The summed E-state index contributed by atoms with van der Waals surface area (Å²) in [4.78, 5) is 26.9. The predicted octanol–water partition coefficient (Wildman–Crippen LogP) is 3.97. The quantitative estimate of drug-likeness (QED) is 0.726. The summed E-state index contributed by atoms with van der Waals surface area (Å²) in [5, 5.41) is 3.40. The summed E-state index contributed by atoms with van der Waals surface area (Å²) < 4.78 is 5.63. The Morgan fingerprint density at radius 2 is 1.71 bits per heavy atom. The molecule has 5 nitrogen and oxygen atoms in total. The van der Waals surface area contributed by atoms with E-state index in [0.29, 0.717) is 10.8 Å². The third-order valence-electron chi connectivity index (χ3n) is 4.28. The third kappa shape index (κ3) is 6.27. The molecule has 2 rings (SSSR count). The molecule has 0 fully saturated rings. The number of carbonyl (C=O) groups is 2. The second kappa shape index (κ2) is 10.1. The Balaban J connectivity index is 2.15. The minimum Gasteiger partial charge on any atom is -0.484 e. The van der Waals surface area contributed by atoms with Gasteiger partial charge in [-0.1, -0.05) is 47.5 Å². The van der Waals surface area contributed by atoms with Crippen molar-refractivity contribution in [3.05, 3.63) is 64.7 Å². The number of benzene rings is 2. The summed E-state index contributed by atoms with van der Waals surface area (Å²) in [6.07, 6.45) is 0. The minimum atomic E-state index is -0.659. The SMILES string of the molecule is Cc1ccc(OCC(=O)N(Cc2ccccc2Cl)C(C)C(=O)NC(C)C)cc1. The number of hydrogen-bond acceptors (Lipinski definition) is 3. The maximum atomic E-state index is 12.9. The van der Waals surface area contributed by atoms with Crippen LogP contribution in [0.3, 0.4) is 0 Å². The van der Waals surface area contributed by atoms with E-state index in [1.54, 1.807) is 13.0 Å². The van der Waals surface area contributed by atoms with E-state index in [1.165, 1.54) is 4.90 Å². The van der Waals surface area contributed by atoms with Crippen LogP contribution in [-0.2, 0) is 16.1 Å². The number of hydrogen-bond donors (Lipinski definition) is 1. The second-order valence-corrected chi connectivity index (χ2v) is 7.46. The van der Waals surface area contributed by atoms with Crippen molar-refractivity contribution in [2.75, 3.05) is 6.61 Å². The van der Waals surface area contributed by atoms with Gasteiger partial charge in [0, 0.05) is 17.6 Å². The van der Waals surface area contributed by atoms with Gasteiger partial charge in [0.1, 0.15) is 11.8 Å². The molecule has 1 unspecified atom stereocenters. The minimum absolute atomic E-state index is 0.0176. The molecule has 0 aliphatic heterocycles. The Labute approximate surface area is 171 Å². The van der Waals surface area contributed by atoms with Gasteiger partial charge in [-0.25, -0.2) is 0 Å². The number of nitrogens with zero attached hydrogens (tertiary/aromatic N) is 1. The summed E-state index contributed by atoms with van der Waals surface area (Å²) >= 11 is 6.26. The lowest BCUT2D eigenvalue weighted by Gasteiger charge is -2.29. The van der Waals surface area contributed by atoms with E-state index in [4.69, 9.17) is 16.3 Å². The van der Waals surface area contributed by atoms with Gasteiger partial charge in [-0.3, -0.25) is 9.59 Å². The van der Waals surface area contributed by atoms with Gasteiger partial charge in [-0.05, 0) is 51.5 Å². The lowest BCUT2D eigenvalue weighted by Crippen LogP contribution is -2.50. The van der Waals surface area contributed by atoms with Crippen LogP contribution in [0.15, 0.2) is 48.5 Å². The Morgan fingerprint density at radius 1 is 1.07 bits per heavy atom. The first kappa shape index (κ1) is 21.8. The maximum absolute atomic E-state index is 12.9. The molecular formula is C22H27ClN2O3. The molecule has 2 aromatic carbocycles. The van der Waals surface area contributed by atoms with Crippen LogP contribution in [0, 0.1) is 6.92 Å². The molecule has 6 heteroatoms. The zero-order valence-corrected chi connectivity index (χ0v) is 17.5. The van der Waals surface area contributed by atoms with Crippen LogP contribution in [0.1, 0.15) is 31.9 Å². The highest BCUT2D eigenvalue weighted by Crippen LogP contribution is 2.19. The molecule has 0 saturated carbocycles. The molecule has 1 atom stereocenters. The predicted molar refractivity (Wildman–Crippen MR) is 111 cm³/mol. The number of ether oxygens (including phenoxy) is 1. The van der Waals surface area contributed by atoms with Gasteiger partial charge in [-0.15, -0.1) is 0 Å². The average molecular weight is 403 g/mol. The third-order valence-corrected chi connectivity index (χ3v) is 4.65. The summed E-state index contributed by atoms with van der Waals surface area (Å²) in [6, 6.07) is 14.1. The van der Waals surface area contributed by atoms with Crippen LogP contribution in [0.4, 0.5) is 0 Å². The molecule has 0 saturated heterocycles. The van der Waals surface area contributed by atoms with Gasteiger partial charge < -0.3 is 15.0 Å². The molecule has 150 valence electrons. The molecule has 28 heavy (non-hydrogen) atoms. The van der Waals surface area contributed by atoms with E-state index < -0.39 is 6.04 Å². The number of halogens is 1. The van der Waals surface area contributed by atoms with Gasteiger partial charge >= 0.3 is 0 Å². The van der Waals surface area contributed by atoms with Crippen molar-refractivity contribution in [2.45, 2.75) is 46.3 Å². The van der Waals surface area contributed by atoms with Gasteiger partial charge in [-0.2, -0.15) is 0 Å². The number of rotatable bonds is 8. The highest BCUT2D eigenvalue weighted by atomic mass is 35.5. The molecule has 0 radical (unpaired) electrons. The highest BCUT2D eigenvalue weighted by molar-refractivity contribution is 6.31. The molecule has 0 bridgehead atoms. The fourth-order valence-corrected chi connectivity index (χ4v) is 2.86. The van der Waals surface area contributed by atoms with Crippen molar-refractivity contribution >= 4 is 23.4 Å². The topological polar surface area (TPSA) is 58.6 Å². The lowest BCUT2D eigenvalue weighted by atomic mass is 10.1. The molecule has 2 aromatic rings. The standard InChI is InChI=1S/C22H27ClN2O3/c1-15(2)24-22(27)17(4)25(13-18-7-5-6-8-20(18)23)21(26)14-28-19-11-9-16(3)10-12-19/h5-12,15,17H,13-14H2,1-4H3,(H,24,27).